The number of anilines is 1. The second-order valence-electron chi connectivity index (χ2n) is 6.39. The Balaban J connectivity index is 1.65. The summed E-state index contributed by atoms with van der Waals surface area (Å²) in [6.07, 6.45) is -4.89. The van der Waals surface area contributed by atoms with E-state index < -0.39 is 33.8 Å². The molecule has 0 aliphatic carbocycles. The minimum atomic E-state index is -4.65. The first-order chi connectivity index (χ1) is 14.0. The van der Waals surface area contributed by atoms with Gasteiger partial charge in [0.25, 0.3) is 0 Å². The van der Waals surface area contributed by atoms with Crippen LogP contribution >= 0.6 is 35.0 Å². The third kappa shape index (κ3) is 5.47. The number of rotatable bonds is 4. The van der Waals surface area contributed by atoms with Crippen LogP contribution in [-0.4, -0.2) is 22.2 Å². The topological polar surface area (TPSA) is 70.6 Å². The van der Waals surface area contributed by atoms with Crippen molar-refractivity contribution < 1.29 is 22.8 Å². The molecule has 2 aromatic carbocycles. The van der Waals surface area contributed by atoms with Crippen LogP contribution in [-0.2, 0) is 15.8 Å². The second kappa shape index (κ2) is 8.87. The number of aliphatic imine (C=N–C) groups is 1. The van der Waals surface area contributed by atoms with Crippen LogP contribution in [0, 0.1) is 6.92 Å². The molecule has 0 radical (unpaired) electrons. The molecule has 3 rings (SSSR count). The first-order valence-electron chi connectivity index (χ1n) is 8.52. The highest BCUT2D eigenvalue weighted by atomic mass is 35.5. The molecule has 1 saturated heterocycles. The smallest absolute Gasteiger partial charge is 0.326 e. The fraction of sp³-hybridized carbons (Fsp3) is 0.211. The van der Waals surface area contributed by atoms with Gasteiger partial charge in [-0.25, -0.2) is 4.99 Å². The van der Waals surface area contributed by atoms with E-state index in [1.54, 1.807) is 18.2 Å². The fourth-order valence-electron chi connectivity index (χ4n) is 2.56. The van der Waals surface area contributed by atoms with Crippen LogP contribution in [0.15, 0.2) is 41.4 Å². The number of benzene rings is 2. The van der Waals surface area contributed by atoms with Gasteiger partial charge in [0.1, 0.15) is 5.25 Å². The molecule has 0 spiro atoms. The van der Waals surface area contributed by atoms with Crippen molar-refractivity contribution in [2.75, 3.05) is 5.32 Å². The van der Waals surface area contributed by atoms with Gasteiger partial charge in [0.2, 0.25) is 11.8 Å². The van der Waals surface area contributed by atoms with Gasteiger partial charge in [0.15, 0.2) is 5.17 Å². The van der Waals surface area contributed by atoms with Crippen molar-refractivity contribution in [2.24, 2.45) is 4.99 Å². The molecular weight excluding hydrogens is 462 g/mol. The van der Waals surface area contributed by atoms with Crippen LogP contribution in [0.3, 0.4) is 0 Å². The van der Waals surface area contributed by atoms with Gasteiger partial charge in [0, 0.05) is 17.1 Å². The van der Waals surface area contributed by atoms with E-state index >= 15 is 0 Å². The van der Waals surface area contributed by atoms with Gasteiger partial charge in [0.05, 0.1) is 16.3 Å². The molecule has 2 N–H and O–H groups in total. The van der Waals surface area contributed by atoms with Crippen LogP contribution in [0.2, 0.25) is 10.0 Å². The predicted molar refractivity (Wildman–Crippen MR) is 113 cm³/mol. The normalized spacial score (nSPS) is 17.9. The lowest BCUT2D eigenvalue weighted by Crippen LogP contribution is -2.28. The summed E-state index contributed by atoms with van der Waals surface area (Å²) in [5.41, 5.74) is 0.304. The molecule has 1 unspecified atom stereocenters. The number of alkyl halides is 3. The summed E-state index contributed by atoms with van der Waals surface area (Å²) in [5, 5.41) is 4.54. The summed E-state index contributed by atoms with van der Waals surface area (Å²) in [5.74, 6) is -1.03. The molecule has 0 bridgehead atoms. The Bertz CT molecular complexity index is 1040. The van der Waals surface area contributed by atoms with Gasteiger partial charge in [-0.2, -0.15) is 13.2 Å². The lowest BCUT2D eigenvalue weighted by Gasteiger charge is -2.12. The zero-order valence-electron chi connectivity index (χ0n) is 15.3. The van der Waals surface area contributed by atoms with Crippen molar-refractivity contribution in [3.05, 3.63) is 57.6 Å². The Hall–Kier alpha value is -2.23. The minimum absolute atomic E-state index is 0.0664. The first kappa shape index (κ1) is 22.5. The molecule has 1 atom stereocenters. The van der Waals surface area contributed by atoms with Gasteiger partial charge in [-0.05, 0) is 42.8 Å². The van der Waals surface area contributed by atoms with Gasteiger partial charge in [-0.1, -0.05) is 41.0 Å². The molecule has 5 nitrogen and oxygen atoms in total. The average Bonchev–Trinajstić information content (AvgIpc) is 2.97. The number of hydrogen-bond acceptors (Lipinski definition) is 4. The van der Waals surface area contributed by atoms with Crippen molar-refractivity contribution in [2.45, 2.75) is 24.8 Å². The number of carbonyl (C=O) groups excluding carboxylic acids is 2. The van der Waals surface area contributed by atoms with E-state index in [0.29, 0.717) is 15.9 Å². The molecule has 158 valence electrons. The van der Waals surface area contributed by atoms with Crippen molar-refractivity contribution in [1.82, 2.24) is 5.32 Å². The number of aryl methyl sites for hydroxylation is 1. The Morgan fingerprint density at radius 3 is 2.60 bits per heavy atom. The van der Waals surface area contributed by atoms with Crippen molar-refractivity contribution in [3.63, 3.8) is 0 Å². The number of halogens is 5. The first-order valence-corrected chi connectivity index (χ1v) is 10.2. The third-order valence-electron chi connectivity index (χ3n) is 4.09. The largest absolute Gasteiger partial charge is 0.417 e. The van der Waals surface area contributed by atoms with E-state index in [0.717, 1.165) is 29.5 Å². The summed E-state index contributed by atoms with van der Waals surface area (Å²) in [6, 6.07) is 8.22. The van der Waals surface area contributed by atoms with Gasteiger partial charge in [-0.3, -0.25) is 9.59 Å². The molecule has 1 fully saturated rings. The van der Waals surface area contributed by atoms with E-state index in [1.165, 1.54) is 6.07 Å². The minimum Gasteiger partial charge on any atom is -0.326 e. The zero-order chi connectivity index (χ0) is 22.1. The molecular formula is C19H14Cl2F3N3O2S. The lowest BCUT2D eigenvalue weighted by molar-refractivity contribution is -0.137. The highest BCUT2D eigenvalue weighted by Crippen LogP contribution is 2.36. The highest BCUT2D eigenvalue weighted by molar-refractivity contribution is 8.15. The Morgan fingerprint density at radius 2 is 1.93 bits per heavy atom. The monoisotopic (exact) mass is 475 g/mol. The Labute approximate surface area is 184 Å². The maximum absolute atomic E-state index is 12.9. The van der Waals surface area contributed by atoms with Crippen LogP contribution in [0.1, 0.15) is 17.5 Å². The number of carbonyl (C=O) groups is 2. The Kier molecular flexibility index (Phi) is 6.64. The molecule has 0 saturated carbocycles. The molecule has 1 aliphatic rings. The quantitative estimate of drug-likeness (QED) is 0.607. The standard InChI is InChI=1S/C19H14Cl2F3N3O2S/c1-9-2-3-11(7-14(9)21)26-18-27-17(29)15(30-18)8-16(28)25-10-4-5-13(20)12(6-10)19(22,23)24/h2-7,15H,8H2,1H3,(H,25,28)(H,26,27,29). The number of amides is 2. The predicted octanol–water partition coefficient (Wildman–Crippen LogP) is 5.57. The van der Waals surface area contributed by atoms with Gasteiger partial charge < -0.3 is 10.6 Å². The summed E-state index contributed by atoms with van der Waals surface area (Å²) in [6.45, 7) is 1.85. The SMILES string of the molecule is Cc1ccc(N=C2NC(=O)C(CC(=O)Nc3ccc(Cl)c(C(F)(F)F)c3)S2)cc1Cl. The molecule has 30 heavy (non-hydrogen) atoms. The molecule has 2 aromatic rings. The number of amidine groups is 1. The van der Waals surface area contributed by atoms with E-state index in [4.69, 9.17) is 23.2 Å². The number of hydrogen-bond donors (Lipinski definition) is 2. The van der Waals surface area contributed by atoms with Gasteiger partial charge >= 0.3 is 6.18 Å². The average molecular weight is 476 g/mol. The number of nitrogens with zero attached hydrogens (tertiary/aromatic N) is 1. The third-order valence-corrected chi connectivity index (χ3v) is 5.91. The summed E-state index contributed by atoms with van der Waals surface area (Å²) < 4.78 is 38.8. The summed E-state index contributed by atoms with van der Waals surface area (Å²) in [4.78, 5) is 28.7. The maximum Gasteiger partial charge on any atom is 0.417 e. The maximum atomic E-state index is 12.9. The van der Waals surface area contributed by atoms with Crippen LogP contribution in [0.5, 0.6) is 0 Å². The number of nitrogens with one attached hydrogen (secondary N) is 2. The molecule has 1 aliphatic heterocycles. The summed E-state index contributed by atoms with van der Waals surface area (Å²) in [7, 11) is 0. The van der Waals surface area contributed by atoms with Crippen molar-refractivity contribution in [3.8, 4) is 0 Å². The second-order valence-corrected chi connectivity index (χ2v) is 8.40. The number of thioether (sulfide) groups is 1. The van der Waals surface area contributed by atoms with E-state index in [9.17, 15) is 22.8 Å². The molecule has 1 heterocycles. The van der Waals surface area contributed by atoms with Crippen molar-refractivity contribution in [1.29, 1.82) is 0 Å². The fourth-order valence-corrected chi connectivity index (χ4v) is 3.95. The van der Waals surface area contributed by atoms with E-state index in [1.807, 2.05) is 6.92 Å². The van der Waals surface area contributed by atoms with E-state index in [2.05, 4.69) is 15.6 Å². The van der Waals surface area contributed by atoms with Crippen LogP contribution < -0.4 is 10.6 Å². The van der Waals surface area contributed by atoms with E-state index in [-0.39, 0.29) is 12.1 Å². The lowest BCUT2D eigenvalue weighted by atomic mass is 10.2. The molecule has 0 aromatic heterocycles. The Morgan fingerprint density at radius 1 is 1.20 bits per heavy atom. The van der Waals surface area contributed by atoms with Crippen LogP contribution in [0.4, 0.5) is 24.5 Å². The zero-order valence-corrected chi connectivity index (χ0v) is 17.6. The summed E-state index contributed by atoms with van der Waals surface area (Å²) >= 11 is 12.7. The highest BCUT2D eigenvalue weighted by Gasteiger charge is 2.34. The van der Waals surface area contributed by atoms with Crippen molar-refractivity contribution >= 4 is 63.3 Å². The van der Waals surface area contributed by atoms with Crippen LogP contribution in [0.25, 0.3) is 0 Å². The van der Waals surface area contributed by atoms with Gasteiger partial charge in [-0.15, -0.1) is 0 Å². The molecule has 11 heteroatoms. The molecule has 2 amide bonds.